The summed E-state index contributed by atoms with van der Waals surface area (Å²) in [6, 6.07) is 11.8. The number of thioether (sulfide) groups is 1. The van der Waals surface area contributed by atoms with Crippen molar-refractivity contribution in [2.24, 2.45) is 5.92 Å². The van der Waals surface area contributed by atoms with Gasteiger partial charge in [0.2, 0.25) is 5.91 Å². The van der Waals surface area contributed by atoms with Gasteiger partial charge in [0, 0.05) is 12.2 Å². The first-order chi connectivity index (χ1) is 15.7. The Morgan fingerprint density at radius 3 is 2.55 bits per heavy atom. The molecule has 3 aromatic rings. The number of benzene rings is 2. The molecule has 0 aliphatic heterocycles. The number of carbonyl (C=O) groups excluding carboxylic acids is 1. The lowest BCUT2D eigenvalue weighted by molar-refractivity contribution is -0.113. The SMILES string of the molecule is CC(C)Cn1c(SCC(=O)Nc2cccc(C(=O)O)c2)nnc1C(C)Oc1ccc(F)cc1. The molecule has 1 atom stereocenters. The van der Waals surface area contributed by atoms with Crippen LogP contribution in [0.4, 0.5) is 10.1 Å². The number of carbonyl (C=O) groups is 2. The van der Waals surface area contributed by atoms with E-state index in [1.165, 1.54) is 36.0 Å². The van der Waals surface area contributed by atoms with Crippen molar-refractivity contribution in [1.29, 1.82) is 0 Å². The van der Waals surface area contributed by atoms with Crippen molar-refractivity contribution in [3.05, 3.63) is 65.7 Å². The number of rotatable bonds is 10. The van der Waals surface area contributed by atoms with Crippen LogP contribution in [0.15, 0.2) is 53.7 Å². The molecule has 0 fully saturated rings. The van der Waals surface area contributed by atoms with Gasteiger partial charge in [-0.15, -0.1) is 10.2 Å². The number of anilines is 1. The van der Waals surface area contributed by atoms with Gasteiger partial charge >= 0.3 is 5.97 Å². The summed E-state index contributed by atoms with van der Waals surface area (Å²) in [5.74, 6) is -0.217. The predicted molar refractivity (Wildman–Crippen MR) is 123 cm³/mol. The monoisotopic (exact) mass is 472 g/mol. The average molecular weight is 473 g/mol. The molecule has 0 aliphatic carbocycles. The second-order valence-corrected chi connectivity index (χ2v) is 8.72. The zero-order valence-corrected chi connectivity index (χ0v) is 19.3. The normalized spacial score (nSPS) is 11.9. The van der Waals surface area contributed by atoms with Crippen molar-refractivity contribution in [2.75, 3.05) is 11.1 Å². The molecule has 2 aromatic carbocycles. The highest BCUT2D eigenvalue weighted by Crippen LogP contribution is 2.26. The van der Waals surface area contributed by atoms with E-state index in [9.17, 15) is 14.0 Å². The largest absolute Gasteiger partial charge is 0.483 e. The van der Waals surface area contributed by atoms with E-state index in [1.54, 1.807) is 24.3 Å². The van der Waals surface area contributed by atoms with Crippen LogP contribution < -0.4 is 10.1 Å². The Bertz CT molecular complexity index is 1120. The third kappa shape index (κ3) is 6.79. The van der Waals surface area contributed by atoms with Gasteiger partial charge in [0.05, 0.1) is 11.3 Å². The summed E-state index contributed by atoms with van der Waals surface area (Å²) in [5.41, 5.74) is 0.503. The van der Waals surface area contributed by atoms with Crippen molar-refractivity contribution in [3.8, 4) is 5.75 Å². The highest BCUT2D eigenvalue weighted by atomic mass is 32.2. The van der Waals surface area contributed by atoms with Crippen molar-refractivity contribution in [1.82, 2.24) is 14.8 Å². The molecule has 0 aliphatic rings. The number of hydrogen-bond donors (Lipinski definition) is 2. The second-order valence-electron chi connectivity index (χ2n) is 7.78. The minimum Gasteiger partial charge on any atom is -0.483 e. The Morgan fingerprint density at radius 1 is 1.15 bits per heavy atom. The number of carboxylic acid groups (broad SMARTS) is 1. The number of aromatic nitrogens is 3. The first-order valence-electron chi connectivity index (χ1n) is 10.3. The molecule has 0 bridgehead atoms. The maximum atomic E-state index is 13.2. The summed E-state index contributed by atoms with van der Waals surface area (Å²) >= 11 is 1.23. The zero-order valence-electron chi connectivity index (χ0n) is 18.5. The van der Waals surface area contributed by atoms with Crippen molar-refractivity contribution < 1.29 is 23.8 Å². The Hall–Kier alpha value is -3.40. The smallest absolute Gasteiger partial charge is 0.335 e. The zero-order chi connectivity index (χ0) is 24.0. The molecule has 1 amide bonds. The highest BCUT2D eigenvalue weighted by Gasteiger charge is 2.21. The molecule has 0 saturated carbocycles. The number of halogens is 1. The second kappa shape index (κ2) is 11.0. The summed E-state index contributed by atoms with van der Waals surface area (Å²) in [6.07, 6.45) is -0.441. The van der Waals surface area contributed by atoms with Gasteiger partial charge in [-0.3, -0.25) is 4.79 Å². The molecule has 10 heteroatoms. The van der Waals surface area contributed by atoms with Crippen LogP contribution in [0, 0.1) is 11.7 Å². The van der Waals surface area contributed by atoms with Gasteiger partial charge in [-0.2, -0.15) is 0 Å². The molecule has 33 heavy (non-hydrogen) atoms. The van der Waals surface area contributed by atoms with Crippen molar-refractivity contribution in [2.45, 2.75) is 38.6 Å². The lowest BCUT2D eigenvalue weighted by atomic mass is 10.2. The van der Waals surface area contributed by atoms with Gasteiger partial charge < -0.3 is 19.7 Å². The van der Waals surface area contributed by atoms with Crippen LogP contribution in [0.1, 0.15) is 43.1 Å². The van der Waals surface area contributed by atoms with Crippen LogP contribution in [0.3, 0.4) is 0 Å². The van der Waals surface area contributed by atoms with E-state index >= 15 is 0 Å². The molecule has 8 nitrogen and oxygen atoms in total. The van der Waals surface area contributed by atoms with Crippen LogP contribution in [0.2, 0.25) is 0 Å². The summed E-state index contributed by atoms with van der Waals surface area (Å²) in [4.78, 5) is 23.5. The lowest BCUT2D eigenvalue weighted by Crippen LogP contribution is -2.17. The Balaban J connectivity index is 1.69. The average Bonchev–Trinajstić information content (AvgIpc) is 3.16. The molecule has 0 spiro atoms. The molecule has 174 valence electrons. The fraction of sp³-hybridized carbons (Fsp3) is 0.304. The minimum atomic E-state index is -1.06. The first-order valence-corrected chi connectivity index (χ1v) is 11.3. The minimum absolute atomic E-state index is 0.0702. The first kappa shape index (κ1) is 24.2. The molecule has 3 rings (SSSR count). The predicted octanol–water partition coefficient (Wildman–Crippen LogP) is 4.64. The molecule has 2 N–H and O–H groups in total. The quantitative estimate of drug-likeness (QED) is 0.414. The highest BCUT2D eigenvalue weighted by molar-refractivity contribution is 7.99. The van der Waals surface area contributed by atoms with Crippen LogP contribution >= 0.6 is 11.8 Å². The number of amides is 1. The van der Waals surface area contributed by atoms with Crippen molar-refractivity contribution in [3.63, 3.8) is 0 Å². The van der Waals surface area contributed by atoms with Gasteiger partial charge in [-0.1, -0.05) is 31.7 Å². The maximum absolute atomic E-state index is 13.2. The van der Waals surface area contributed by atoms with Crippen LogP contribution in [-0.4, -0.2) is 37.5 Å². The molecule has 0 saturated heterocycles. The van der Waals surface area contributed by atoms with E-state index in [-0.39, 0.29) is 23.0 Å². The molecule has 1 aromatic heterocycles. The molecule has 1 heterocycles. The van der Waals surface area contributed by atoms with Gasteiger partial charge in [0.15, 0.2) is 17.1 Å². The van der Waals surface area contributed by atoms with E-state index in [0.717, 1.165) is 0 Å². The third-order valence-corrected chi connectivity index (χ3v) is 5.48. The number of carboxylic acids is 1. The van der Waals surface area contributed by atoms with Gasteiger partial charge in [-0.05, 0) is 55.3 Å². The van der Waals surface area contributed by atoms with E-state index in [1.807, 2.05) is 11.5 Å². The van der Waals surface area contributed by atoms with E-state index in [2.05, 4.69) is 29.4 Å². The van der Waals surface area contributed by atoms with Crippen LogP contribution in [-0.2, 0) is 11.3 Å². The van der Waals surface area contributed by atoms with Crippen LogP contribution in [0.5, 0.6) is 5.75 Å². The van der Waals surface area contributed by atoms with Gasteiger partial charge in [0.25, 0.3) is 0 Å². The summed E-state index contributed by atoms with van der Waals surface area (Å²) in [6.45, 7) is 6.59. The Morgan fingerprint density at radius 2 is 1.88 bits per heavy atom. The molecule has 0 radical (unpaired) electrons. The van der Waals surface area contributed by atoms with Gasteiger partial charge in [-0.25, -0.2) is 9.18 Å². The number of hydrogen-bond acceptors (Lipinski definition) is 6. The molecular formula is C23H25FN4O4S. The number of nitrogens with zero attached hydrogens (tertiary/aromatic N) is 3. The fourth-order valence-electron chi connectivity index (χ4n) is 3.07. The Labute approximate surface area is 195 Å². The standard InChI is InChI=1S/C23H25FN4O4S/c1-14(2)12-28-21(15(3)32-19-9-7-17(24)8-10-19)26-27-23(28)33-13-20(29)25-18-6-4-5-16(11-18)22(30)31/h4-11,14-15H,12-13H2,1-3H3,(H,25,29)(H,30,31). The fourth-order valence-corrected chi connectivity index (χ4v) is 3.83. The third-order valence-electron chi connectivity index (χ3n) is 4.51. The summed E-state index contributed by atoms with van der Waals surface area (Å²) < 4.78 is 21.0. The van der Waals surface area contributed by atoms with Gasteiger partial charge in [0.1, 0.15) is 11.6 Å². The number of nitrogens with one attached hydrogen (secondary N) is 1. The van der Waals surface area contributed by atoms with E-state index < -0.39 is 12.1 Å². The number of ether oxygens (including phenoxy) is 1. The summed E-state index contributed by atoms with van der Waals surface area (Å²) in [5, 5.41) is 20.9. The number of aromatic carboxylic acids is 1. The van der Waals surface area contributed by atoms with Crippen LogP contribution in [0.25, 0.3) is 0 Å². The van der Waals surface area contributed by atoms with E-state index in [0.29, 0.717) is 34.9 Å². The molecule has 1 unspecified atom stereocenters. The summed E-state index contributed by atoms with van der Waals surface area (Å²) in [7, 11) is 0. The molecular weight excluding hydrogens is 447 g/mol. The van der Waals surface area contributed by atoms with E-state index in [4.69, 9.17) is 9.84 Å². The van der Waals surface area contributed by atoms with Crippen molar-refractivity contribution >= 4 is 29.3 Å². The Kier molecular flexibility index (Phi) is 8.05. The maximum Gasteiger partial charge on any atom is 0.335 e. The topological polar surface area (TPSA) is 106 Å². The lowest BCUT2D eigenvalue weighted by Gasteiger charge is -2.17.